The molecule has 1 aromatic carbocycles. The van der Waals surface area contributed by atoms with Crippen molar-refractivity contribution in [3.8, 4) is 0 Å². The highest BCUT2D eigenvalue weighted by Crippen LogP contribution is 2.22. The van der Waals surface area contributed by atoms with Gasteiger partial charge in [0, 0.05) is 13.1 Å². The average Bonchev–Trinajstić information content (AvgIpc) is 2.76. The molecule has 1 aromatic rings. The number of morpholine rings is 1. The maximum atomic E-state index is 12.4. The van der Waals surface area contributed by atoms with Gasteiger partial charge in [0.25, 0.3) is 0 Å². The van der Waals surface area contributed by atoms with Crippen molar-refractivity contribution in [3.05, 3.63) is 35.9 Å². The molecule has 2 aliphatic heterocycles. The Labute approximate surface area is 177 Å². The minimum absolute atomic E-state index is 0.0724. The van der Waals surface area contributed by atoms with Crippen LogP contribution in [0.3, 0.4) is 0 Å². The quantitative estimate of drug-likeness (QED) is 0.571. The van der Waals surface area contributed by atoms with Crippen molar-refractivity contribution in [3.63, 3.8) is 0 Å². The van der Waals surface area contributed by atoms with Gasteiger partial charge in [-0.05, 0) is 25.3 Å². The number of rotatable bonds is 8. The lowest BCUT2D eigenvalue weighted by atomic mass is 9.96. The molecule has 0 saturated carbocycles. The van der Waals surface area contributed by atoms with E-state index in [-0.39, 0.29) is 43.0 Å². The molecule has 0 bridgehead atoms. The van der Waals surface area contributed by atoms with Crippen LogP contribution in [0, 0.1) is 0 Å². The molecule has 8 nitrogen and oxygen atoms in total. The zero-order valence-corrected chi connectivity index (χ0v) is 17.6. The van der Waals surface area contributed by atoms with E-state index in [4.69, 9.17) is 9.47 Å². The highest BCUT2D eigenvalue weighted by Gasteiger charge is 2.33. The second-order valence-electron chi connectivity index (χ2n) is 8.02. The molecule has 0 unspecified atom stereocenters. The average molecular weight is 420 g/mol. The molecule has 2 heterocycles. The van der Waals surface area contributed by atoms with Crippen molar-refractivity contribution in [1.82, 2.24) is 15.5 Å². The van der Waals surface area contributed by atoms with E-state index < -0.39 is 6.10 Å². The Kier molecular flexibility index (Phi) is 8.62. The minimum atomic E-state index is -0.503. The summed E-state index contributed by atoms with van der Waals surface area (Å²) in [6.45, 7) is 4.86. The van der Waals surface area contributed by atoms with Crippen LogP contribution in [0.5, 0.6) is 0 Å². The number of aliphatic hydroxyl groups excluding tert-OH is 1. The van der Waals surface area contributed by atoms with Crippen LogP contribution in [-0.4, -0.2) is 79.5 Å². The highest BCUT2D eigenvalue weighted by molar-refractivity contribution is 5.78. The molecule has 0 aromatic heterocycles. The van der Waals surface area contributed by atoms with Crippen molar-refractivity contribution in [2.75, 3.05) is 39.5 Å². The smallest absolute Gasteiger partial charge is 0.234 e. The topological polar surface area (TPSA) is 100 Å². The van der Waals surface area contributed by atoms with Crippen LogP contribution >= 0.6 is 0 Å². The summed E-state index contributed by atoms with van der Waals surface area (Å²) >= 11 is 0. The summed E-state index contributed by atoms with van der Waals surface area (Å²) in [6, 6.07) is 9.47. The van der Waals surface area contributed by atoms with Crippen molar-refractivity contribution in [1.29, 1.82) is 0 Å². The monoisotopic (exact) mass is 419 g/mol. The Hall–Kier alpha value is -2.00. The second kappa shape index (κ2) is 11.4. The number of ether oxygens (including phenoxy) is 2. The molecule has 2 aliphatic rings. The van der Waals surface area contributed by atoms with Crippen LogP contribution < -0.4 is 10.6 Å². The Morgan fingerprint density at radius 2 is 1.90 bits per heavy atom. The second-order valence-corrected chi connectivity index (χ2v) is 8.02. The predicted octanol–water partition coefficient (Wildman–Crippen LogP) is 0.611. The molecule has 2 amide bonds. The van der Waals surface area contributed by atoms with Crippen LogP contribution in [-0.2, 0) is 19.1 Å². The first-order valence-electron chi connectivity index (χ1n) is 10.7. The lowest BCUT2D eigenvalue weighted by molar-refractivity contribution is -0.137. The first-order chi connectivity index (χ1) is 14.5. The van der Waals surface area contributed by atoms with Gasteiger partial charge < -0.3 is 25.2 Å². The fourth-order valence-electron chi connectivity index (χ4n) is 3.99. The fraction of sp³-hybridized carbons (Fsp3) is 0.636. The number of nitrogens with zero attached hydrogens (tertiary/aromatic N) is 1. The number of hydrogen-bond acceptors (Lipinski definition) is 6. The van der Waals surface area contributed by atoms with Gasteiger partial charge >= 0.3 is 0 Å². The molecule has 3 rings (SSSR count). The first-order valence-corrected chi connectivity index (χ1v) is 10.7. The summed E-state index contributed by atoms with van der Waals surface area (Å²) in [4.78, 5) is 26.8. The summed E-state index contributed by atoms with van der Waals surface area (Å²) in [6.07, 6.45) is 0.801. The number of benzene rings is 1. The summed E-state index contributed by atoms with van der Waals surface area (Å²) in [5, 5.41) is 15.7. The Bertz CT molecular complexity index is 681. The molecule has 0 radical (unpaired) electrons. The normalized spacial score (nSPS) is 26.0. The van der Waals surface area contributed by atoms with Gasteiger partial charge in [-0.15, -0.1) is 0 Å². The molecule has 30 heavy (non-hydrogen) atoms. The number of carbonyl (C=O) groups excluding carboxylic acids is 2. The van der Waals surface area contributed by atoms with Crippen LogP contribution in [0.15, 0.2) is 30.3 Å². The van der Waals surface area contributed by atoms with Gasteiger partial charge in [-0.25, -0.2) is 0 Å². The number of carbonyl (C=O) groups is 2. The third kappa shape index (κ3) is 6.77. The molecule has 0 spiro atoms. The van der Waals surface area contributed by atoms with Crippen LogP contribution in [0.4, 0.5) is 0 Å². The molecule has 2 fully saturated rings. The first kappa shape index (κ1) is 22.7. The third-order valence-electron chi connectivity index (χ3n) is 5.70. The van der Waals surface area contributed by atoms with Crippen LogP contribution in [0.25, 0.3) is 0 Å². The van der Waals surface area contributed by atoms with E-state index in [2.05, 4.69) is 15.5 Å². The van der Waals surface area contributed by atoms with Crippen molar-refractivity contribution in [2.45, 2.75) is 50.5 Å². The molecule has 3 N–H and O–H groups in total. The Balaban J connectivity index is 1.43. The largest absolute Gasteiger partial charge is 0.394 e. The number of nitrogens with one attached hydrogen (secondary N) is 2. The van der Waals surface area contributed by atoms with E-state index in [0.717, 1.165) is 18.7 Å². The SMILES string of the molecule is C[C@H](NC(=O)C[C@@H]1CC[C@H](NC(=O)CN2CCOCC2)[C@@H](CO)O1)c1ccccc1. The lowest BCUT2D eigenvalue weighted by Crippen LogP contribution is -2.53. The summed E-state index contributed by atoms with van der Waals surface area (Å²) in [7, 11) is 0. The summed E-state index contributed by atoms with van der Waals surface area (Å²) in [5.74, 6) is -0.153. The Morgan fingerprint density at radius 3 is 2.60 bits per heavy atom. The zero-order chi connectivity index (χ0) is 21.3. The van der Waals surface area contributed by atoms with E-state index in [1.807, 2.05) is 37.3 Å². The van der Waals surface area contributed by atoms with Gasteiger partial charge in [0.05, 0.1) is 51.0 Å². The van der Waals surface area contributed by atoms with Crippen LogP contribution in [0.1, 0.15) is 37.8 Å². The van der Waals surface area contributed by atoms with E-state index in [9.17, 15) is 14.7 Å². The van der Waals surface area contributed by atoms with Gasteiger partial charge in [-0.2, -0.15) is 0 Å². The third-order valence-corrected chi connectivity index (χ3v) is 5.70. The van der Waals surface area contributed by atoms with Crippen molar-refractivity contribution in [2.24, 2.45) is 0 Å². The van der Waals surface area contributed by atoms with Gasteiger partial charge in [-0.1, -0.05) is 30.3 Å². The van der Waals surface area contributed by atoms with Gasteiger partial charge in [-0.3, -0.25) is 14.5 Å². The summed E-state index contributed by atoms with van der Waals surface area (Å²) in [5.41, 5.74) is 1.05. The Morgan fingerprint density at radius 1 is 1.17 bits per heavy atom. The fourth-order valence-corrected chi connectivity index (χ4v) is 3.99. The molecule has 8 heteroatoms. The number of amides is 2. The van der Waals surface area contributed by atoms with Gasteiger partial charge in [0.15, 0.2) is 0 Å². The molecule has 2 saturated heterocycles. The van der Waals surface area contributed by atoms with E-state index in [0.29, 0.717) is 32.6 Å². The molecular formula is C22H33N3O5. The molecule has 166 valence electrons. The van der Waals surface area contributed by atoms with Crippen molar-refractivity contribution < 1.29 is 24.2 Å². The van der Waals surface area contributed by atoms with E-state index in [1.165, 1.54) is 0 Å². The molecule has 0 aliphatic carbocycles. The maximum absolute atomic E-state index is 12.4. The zero-order valence-electron chi connectivity index (χ0n) is 17.6. The van der Waals surface area contributed by atoms with Gasteiger partial charge in [0.1, 0.15) is 6.10 Å². The highest BCUT2D eigenvalue weighted by atomic mass is 16.5. The minimum Gasteiger partial charge on any atom is -0.394 e. The number of hydrogen-bond donors (Lipinski definition) is 3. The molecular weight excluding hydrogens is 386 g/mol. The van der Waals surface area contributed by atoms with Crippen LogP contribution in [0.2, 0.25) is 0 Å². The maximum Gasteiger partial charge on any atom is 0.234 e. The van der Waals surface area contributed by atoms with Crippen molar-refractivity contribution >= 4 is 11.8 Å². The van der Waals surface area contributed by atoms with E-state index >= 15 is 0 Å². The summed E-state index contributed by atoms with van der Waals surface area (Å²) < 4.78 is 11.2. The molecule has 4 atom stereocenters. The predicted molar refractivity (Wildman–Crippen MR) is 112 cm³/mol. The number of aliphatic hydroxyl groups is 1. The standard InChI is InChI=1S/C22H33N3O5/c1-16(17-5-3-2-4-6-17)23-21(27)13-18-7-8-19(20(15-26)30-18)24-22(28)14-25-9-11-29-12-10-25/h2-6,16,18-20,26H,7-15H2,1H3,(H,23,27)(H,24,28)/t16-,18-,19-,20+/m0/s1. The van der Waals surface area contributed by atoms with Gasteiger partial charge in [0.2, 0.25) is 11.8 Å². The van der Waals surface area contributed by atoms with E-state index in [1.54, 1.807) is 0 Å². The lowest BCUT2D eigenvalue weighted by Gasteiger charge is -2.36.